The summed E-state index contributed by atoms with van der Waals surface area (Å²) < 4.78 is 27.9. The Hall–Kier alpha value is -0.702. The van der Waals surface area contributed by atoms with Gasteiger partial charge in [0, 0.05) is 0 Å². The van der Waals surface area contributed by atoms with Crippen molar-refractivity contribution in [2.24, 2.45) is 0 Å². The third kappa shape index (κ3) is 23.7. The molecule has 4 nitrogen and oxygen atoms in total. The molecule has 2 fully saturated rings. The summed E-state index contributed by atoms with van der Waals surface area (Å²) in [6.45, 7) is 19.1. The van der Waals surface area contributed by atoms with E-state index in [1.807, 2.05) is 0 Å². The average Bonchev–Trinajstić information content (AvgIpc) is 3.10. The van der Waals surface area contributed by atoms with Crippen molar-refractivity contribution >= 4 is 0 Å². The van der Waals surface area contributed by atoms with Crippen LogP contribution in [0.5, 0.6) is 0 Å². The molecule has 0 aromatic heterocycles. The van der Waals surface area contributed by atoms with Crippen molar-refractivity contribution in [2.45, 2.75) is 76.9 Å². The van der Waals surface area contributed by atoms with Crippen molar-refractivity contribution in [3.8, 4) is 11.8 Å². The van der Waals surface area contributed by atoms with Crippen molar-refractivity contribution in [2.75, 3.05) is 0 Å². The van der Waals surface area contributed by atoms with E-state index in [2.05, 4.69) is 45.6 Å². The Kier molecular flexibility index (Phi) is 38.5. The van der Waals surface area contributed by atoms with Gasteiger partial charge in [0.25, 0.3) is 0 Å². The Balaban J connectivity index is -0.000000127. The zero-order valence-electron chi connectivity index (χ0n) is 13.8. The molecule has 1 aliphatic carbocycles. The third-order valence-corrected chi connectivity index (χ3v) is 3.26. The van der Waals surface area contributed by atoms with Crippen LogP contribution in [-0.2, 0) is 39.8 Å². The Bertz CT molecular complexity index is 313. The molecule has 1 saturated heterocycles. The van der Waals surface area contributed by atoms with Crippen LogP contribution in [0.25, 0.3) is 0 Å². The van der Waals surface area contributed by atoms with Crippen LogP contribution in [0.3, 0.4) is 0 Å². The van der Waals surface area contributed by atoms with Gasteiger partial charge in [-0.1, -0.05) is 51.9 Å². The molecular formula is C18H25O4W+. The second-order valence-electron chi connectivity index (χ2n) is 4.63. The van der Waals surface area contributed by atoms with Crippen LogP contribution in [0.15, 0.2) is 0 Å². The summed E-state index contributed by atoms with van der Waals surface area (Å²) >= 11 is 0. The van der Waals surface area contributed by atoms with Crippen molar-refractivity contribution in [1.82, 2.24) is 0 Å². The minimum Gasteiger partial charge on any atom is -0.370 e. The molecule has 2 atom stereocenters. The van der Waals surface area contributed by atoms with E-state index in [1.54, 1.807) is 0 Å². The van der Waals surface area contributed by atoms with Gasteiger partial charge in [0.05, 0.1) is 12.2 Å². The minimum atomic E-state index is 0. The molecule has 0 aromatic carbocycles. The quantitative estimate of drug-likeness (QED) is 0.194. The van der Waals surface area contributed by atoms with Gasteiger partial charge in [-0.25, -0.2) is 0 Å². The van der Waals surface area contributed by atoms with Crippen LogP contribution in [-0.4, -0.2) is 12.2 Å². The molecule has 126 valence electrons. The number of epoxide rings is 1. The first-order valence-electron chi connectivity index (χ1n) is 7.40. The van der Waals surface area contributed by atoms with Crippen LogP contribution in [0.4, 0.5) is 0 Å². The average molecular weight is 489 g/mol. The normalized spacial score (nSPS) is 18.6. The van der Waals surface area contributed by atoms with E-state index in [-0.39, 0.29) is 21.1 Å². The van der Waals surface area contributed by atoms with Gasteiger partial charge in [0.2, 0.25) is 0 Å². The molecule has 0 N–H and O–H groups in total. The van der Waals surface area contributed by atoms with Crippen LogP contribution in [0.1, 0.15) is 64.7 Å². The SMILES string of the molecule is C1CCCC1.[C-]#[O+].[C-]#[O+].[C-]#[O+].[CH2-]C#CCCC[C@@H]1O[C@H]1CC.[W+2]. The van der Waals surface area contributed by atoms with Crippen molar-refractivity contribution in [3.63, 3.8) is 0 Å². The molecule has 0 spiro atoms. The molecule has 2 rings (SSSR count). The molecule has 1 aliphatic heterocycles. The minimum absolute atomic E-state index is 0. The van der Waals surface area contributed by atoms with Crippen LogP contribution >= 0.6 is 0 Å². The fourth-order valence-electron chi connectivity index (χ4n) is 2.16. The fourth-order valence-corrected chi connectivity index (χ4v) is 2.16. The van der Waals surface area contributed by atoms with E-state index < -0.39 is 0 Å². The number of ether oxygens (including phenoxy) is 1. The molecule has 0 radical (unpaired) electrons. The van der Waals surface area contributed by atoms with Gasteiger partial charge in [0.15, 0.2) is 0 Å². The van der Waals surface area contributed by atoms with Crippen LogP contribution in [0.2, 0.25) is 0 Å². The molecular weight excluding hydrogens is 464 g/mol. The van der Waals surface area contributed by atoms with Gasteiger partial charge in [0.1, 0.15) is 0 Å². The second kappa shape index (κ2) is 29.3. The summed E-state index contributed by atoms with van der Waals surface area (Å²) in [6, 6.07) is 0. The summed E-state index contributed by atoms with van der Waals surface area (Å²) in [7, 11) is 0. The molecule has 0 unspecified atom stereocenters. The first-order valence-corrected chi connectivity index (χ1v) is 7.40. The smallest absolute Gasteiger partial charge is 0.370 e. The summed E-state index contributed by atoms with van der Waals surface area (Å²) in [5, 5.41) is 0. The number of rotatable bonds is 4. The second-order valence-corrected chi connectivity index (χ2v) is 4.63. The van der Waals surface area contributed by atoms with Crippen molar-refractivity contribution < 1.29 is 39.8 Å². The number of hydrogen-bond acceptors (Lipinski definition) is 1. The summed E-state index contributed by atoms with van der Waals surface area (Å²) in [6.07, 6.45) is 13.1. The van der Waals surface area contributed by atoms with Crippen LogP contribution < -0.4 is 0 Å². The Labute approximate surface area is 155 Å². The predicted octanol–water partition coefficient (Wildman–Crippen LogP) is 4.01. The Morgan fingerprint density at radius 2 is 1.39 bits per heavy atom. The van der Waals surface area contributed by atoms with E-state index in [0.29, 0.717) is 12.2 Å². The number of hydrogen-bond donors (Lipinski definition) is 0. The zero-order chi connectivity index (χ0) is 17.6. The van der Waals surface area contributed by atoms with E-state index in [1.165, 1.54) is 38.5 Å². The summed E-state index contributed by atoms with van der Waals surface area (Å²) in [5.74, 6) is 5.59. The van der Waals surface area contributed by atoms with E-state index >= 15 is 0 Å². The largest absolute Gasteiger partial charge is 2.00 e. The zero-order valence-corrected chi connectivity index (χ0v) is 16.7. The van der Waals surface area contributed by atoms with Crippen LogP contribution in [0, 0.1) is 38.7 Å². The van der Waals surface area contributed by atoms with Crippen molar-refractivity contribution in [3.05, 3.63) is 26.9 Å². The molecule has 2 aliphatic rings. The fraction of sp³-hybridized carbons (Fsp3) is 0.667. The maximum absolute atomic E-state index is 7.50. The van der Waals surface area contributed by atoms with Gasteiger partial charge >= 0.3 is 55.0 Å². The van der Waals surface area contributed by atoms with Gasteiger partial charge in [-0.05, 0) is 12.8 Å². The topological polar surface area (TPSA) is 72.2 Å². The Morgan fingerprint density at radius 1 is 0.957 bits per heavy atom. The monoisotopic (exact) mass is 489 g/mol. The molecule has 5 heteroatoms. The van der Waals surface area contributed by atoms with E-state index in [4.69, 9.17) is 18.7 Å². The molecule has 1 heterocycles. The molecule has 0 bridgehead atoms. The van der Waals surface area contributed by atoms with Gasteiger partial charge in [-0.3, -0.25) is 5.92 Å². The first-order chi connectivity index (χ1) is 10.9. The van der Waals surface area contributed by atoms with Gasteiger partial charge in [-0.15, -0.1) is 0 Å². The van der Waals surface area contributed by atoms with E-state index in [0.717, 1.165) is 19.3 Å². The third-order valence-electron chi connectivity index (χ3n) is 3.26. The van der Waals surface area contributed by atoms with Crippen molar-refractivity contribution in [1.29, 1.82) is 0 Å². The Morgan fingerprint density at radius 3 is 1.70 bits per heavy atom. The molecule has 1 saturated carbocycles. The number of unbranched alkanes of at least 4 members (excludes halogenated alkanes) is 1. The predicted molar refractivity (Wildman–Crippen MR) is 80.8 cm³/mol. The summed E-state index contributed by atoms with van der Waals surface area (Å²) in [5.41, 5.74) is 0. The summed E-state index contributed by atoms with van der Waals surface area (Å²) in [4.78, 5) is 0. The first kappa shape index (κ1) is 30.2. The van der Waals surface area contributed by atoms with Gasteiger partial charge < -0.3 is 10.7 Å². The van der Waals surface area contributed by atoms with E-state index in [9.17, 15) is 0 Å². The standard InChI is InChI=1S/C10H15O.C5H10.3CO.W/c1-3-5-6-7-8-10-9(4-2)11-10;1-2-4-5-3-1;3*1-2;/h9-10H,1,4,6-8H2,2H3;1-5H2;;;;/q-1;;;;;+2/t9-,10-;;;;;/m0...../s1. The maximum atomic E-state index is 7.50. The molecule has 0 amide bonds. The molecule has 0 aromatic rings. The molecule has 23 heavy (non-hydrogen) atoms. The van der Waals surface area contributed by atoms with Gasteiger partial charge in [-0.2, -0.15) is 6.92 Å². The maximum Gasteiger partial charge on any atom is 2.00 e.